The summed E-state index contributed by atoms with van der Waals surface area (Å²) < 4.78 is 0. The molecule has 1 amide bonds. The minimum Gasteiger partial charge on any atom is -0.322 e. The molecule has 0 aromatic carbocycles. The Hall–Kier alpha value is -1.17. The van der Waals surface area contributed by atoms with Crippen LogP contribution in [0.5, 0.6) is 0 Å². The monoisotopic (exact) mass is 282 g/mol. The summed E-state index contributed by atoms with van der Waals surface area (Å²) >= 11 is 5.91. The lowest BCUT2D eigenvalue weighted by Gasteiger charge is -2.23. The third kappa shape index (κ3) is 3.89. The van der Waals surface area contributed by atoms with E-state index < -0.39 is 0 Å². The van der Waals surface area contributed by atoms with Crippen LogP contribution >= 0.6 is 11.6 Å². The van der Waals surface area contributed by atoms with E-state index in [1.54, 1.807) is 18.3 Å². The van der Waals surface area contributed by atoms with Crippen molar-refractivity contribution in [2.24, 2.45) is 0 Å². The summed E-state index contributed by atoms with van der Waals surface area (Å²) in [5.74, 6) is -0.0436. The first-order chi connectivity index (χ1) is 9.20. The number of anilines is 1. The molecule has 1 saturated heterocycles. The number of hydrogen-bond acceptors (Lipinski definition) is 4. The molecule has 104 valence electrons. The molecule has 2 heterocycles. The number of nitrogens with one attached hydrogen (secondary N) is 2. The van der Waals surface area contributed by atoms with E-state index in [9.17, 15) is 4.79 Å². The molecule has 1 aromatic heterocycles. The average molecular weight is 283 g/mol. The largest absolute Gasteiger partial charge is 0.322 e. The lowest BCUT2D eigenvalue weighted by Crippen LogP contribution is -2.41. The standard InChI is InChI=1S/C13H19ClN4O/c1-15-8-10-4-3-7-18(10)9-12(19)17-11-5-2-6-16-13(11)14/h2,5-6,10,15H,3-4,7-9H2,1H3,(H,17,19). The van der Waals surface area contributed by atoms with E-state index in [-0.39, 0.29) is 5.91 Å². The maximum absolute atomic E-state index is 12.0. The van der Waals surface area contributed by atoms with Crippen LogP contribution in [0.3, 0.4) is 0 Å². The molecule has 5 nitrogen and oxygen atoms in total. The number of aromatic nitrogens is 1. The summed E-state index contributed by atoms with van der Waals surface area (Å²) in [6.07, 6.45) is 3.89. The van der Waals surface area contributed by atoms with Gasteiger partial charge in [0.2, 0.25) is 5.91 Å². The summed E-state index contributed by atoms with van der Waals surface area (Å²) in [5.41, 5.74) is 0.568. The number of rotatable bonds is 5. The molecule has 0 saturated carbocycles. The van der Waals surface area contributed by atoms with Gasteiger partial charge in [0.25, 0.3) is 0 Å². The van der Waals surface area contributed by atoms with Crippen molar-refractivity contribution in [3.05, 3.63) is 23.5 Å². The predicted octanol–water partition coefficient (Wildman–Crippen LogP) is 1.36. The van der Waals surface area contributed by atoms with Crippen molar-refractivity contribution in [1.29, 1.82) is 0 Å². The lowest BCUT2D eigenvalue weighted by atomic mass is 10.2. The van der Waals surface area contributed by atoms with E-state index in [1.165, 1.54) is 0 Å². The van der Waals surface area contributed by atoms with E-state index in [4.69, 9.17) is 11.6 Å². The summed E-state index contributed by atoms with van der Waals surface area (Å²) in [6.45, 7) is 2.29. The lowest BCUT2D eigenvalue weighted by molar-refractivity contribution is -0.117. The van der Waals surface area contributed by atoms with E-state index in [2.05, 4.69) is 20.5 Å². The highest BCUT2D eigenvalue weighted by Crippen LogP contribution is 2.19. The molecule has 2 rings (SSSR count). The van der Waals surface area contributed by atoms with Crippen LogP contribution < -0.4 is 10.6 Å². The fraction of sp³-hybridized carbons (Fsp3) is 0.538. The first-order valence-corrected chi connectivity index (χ1v) is 6.87. The Labute approximate surface area is 118 Å². The fourth-order valence-corrected chi connectivity index (χ4v) is 2.59. The number of carbonyl (C=O) groups excluding carboxylic acids is 1. The Morgan fingerprint density at radius 1 is 1.63 bits per heavy atom. The third-order valence-electron chi connectivity index (χ3n) is 3.32. The molecule has 1 atom stereocenters. The number of pyridine rings is 1. The summed E-state index contributed by atoms with van der Waals surface area (Å²) in [5, 5.41) is 6.29. The number of carbonyl (C=O) groups is 1. The van der Waals surface area contributed by atoms with Crippen LogP contribution in [0, 0.1) is 0 Å². The van der Waals surface area contributed by atoms with Gasteiger partial charge in [0.05, 0.1) is 12.2 Å². The quantitative estimate of drug-likeness (QED) is 0.801. The molecule has 1 unspecified atom stereocenters. The van der Waals surface area contributed by atoms with Crippen LogP contribution in [0.2, 0.25) is 5.15 Å². The van der Waals surface area contributed by atoms with Crippen molar-refractivity contribution >= 4 is 23.2 Å². The highest BCUT2D eigenvalue weighted by Gasteiger charge is 2.25. The zero-order valence-electron chi connectivity index (χ0n) is 11.0. The van der Waals surface area contributed by atoms with E-state index in [1.807, 2.05) is 7.05 Å². The van der Waals surface area contributed by atoms with Gasteiger partial charge in [-0.1, -0.05) is 11.6 Å². The average Bonchev–Trinajstić information content (AvgIpc) is 2.80. The Bertz CT molecular complexity index is 440. The van der Waals surface area contributed by atoms with Crippen LogP contribution in [0.4, 0.5) is 5.69 Å². The van der Waals surface area contributed by atoms with Crippen LogP contribution in [-0.4, -0.2) is 48.5 Å². The van der Waals surface area contributed by atoms with Gasteiger partial charge in [0.1, 0.15) is 0 Å². The maximum atomic E-state index is 12.0. The number of halogens is 1. The van der Waals surface area contributed by atoms with Crippen LogP contribution in [0.1, 0.15) is 12.8 Å². The molecule has 0 bridgehead atoms. The molecular weight excluding hydrogens is 264 g/mol. The SMILES string of the molecule is CNCC1CCCN1CC(=O)Nc1cccnc1Cl. The summed E-state index contributed by atoms with van der Waals surface area (Å²) in [6, 6.07) is 3.95. The summed E-state index contributed by atoms with van der Waals surface area (Å²) in [4.78, 5) is 18.2. The molecule has 2 N–H and O–H groups in total. The highest BCUT2D eigenvalue weighted by atomic mass is 35.5. The zero-order chi connectivity index (χ0) is 13.7. The normalized spacial score (nSPS) is 19.6. The van der Waals surface area contributed by atoms with Crippen molar-refractivity contribution in [2.45, 2.75) is 18.9 Å². The predicted molar refractivity (Wildman–Crippen MR) is 76.4 cm³/mol. The van der Waals surface area contributed by atoms with Gasteiger partial charge >= 0.3 is 0 Å². The molecular formula is C13H19ClN4O. The van der Waals surface area contributed by atoms with E-state index in [0.717, 1.165) is 25.9 Å². The molecule has 1 aliphatic rings. The molecule has 19 heavy (non-hydrogen) atoms. The third-order valence-corrected chi connectivity index (χ3v) is 3.62. The minimum atomic E-state index is -0.0436. The molecule has 6 heteroatoms. The number of nitrogens with zero attached hydrogens (tertiary/aromatic N) is 2. The second-order valence-electron chi connectivity index (χ2n) is 4.71. The van der Waals surface area contributed by atoms with Gasteiger partial charge in [-0.2, -0.15) is 0 Å². The maximum Gasteiger partial charge on any atom is 0.238 e. The number of hydrogen-bond donors (Lipinski definition) is 2. The molecule has 0 spiro atoms. The number of amides is 1. The second-order valence-corrected chi connectivity index (χ2v) is 5.07. The molecule has 1 aromatic rings. The Morgan fingerprint density at radius 2 is 2.47 bits per heavy atom. The van der Waals surface area contributed by atoms with E-state index in [0.29, 0.717) is 23.4 Å². The van der Waals surface area contributed by atoms with Crippen molar-refractivity contribution in [1.82, 2.24) is 15.2 Å². The van der Waals surface area contributed by atoms with Crippen molar-refractivity contribution < 1.29 is 4.79 Å². The topological polar surface area (TPSA) is 57.3 Å². The van der Waals surface area contributed by atoms with E-state index >= 15 is 0 Å². The van der Waals surface area contributed by atoms with Gasteiger partial charge in [-0.05, 0) is 38.6 Å². The Morgan fingerprint density at radius 3 is 3.21 bits per heavy atom. The van der Waals surface area contributed by atoms with Gasteiger partial charge in [0, 0.05) is 18.8 Å². The molecule has 1 aliphatic heterocycles. The zero-order valence-corrected chi connectivity index (χ0v) is 11.8. The first-order valence-electron chi connectivity index (χ1n) is 6.49. The van der Waals surface area contributed by atoms with Gasteiger partial charge in [-0.15, -0.1) is 0 Å². The highest BCUT2D eigenvalue weighted by molar-refractivity contribution is 6.32. The molecule has 0 radical (unpaired) electrons. The summed E-state index contributed by atoms with van der Waals surface area (Å²) in [7, 11) is 1.94. The van der Waals surface area contributed by atoms with Gasteiger partial charge < -0.3 is 10.6 Å². The number of likely N-dealkylation sites (N-methyl/N-ethyl adjacent to an activating group) is 1. The van der Waals surface area contributed by atoms with Crippen LogP contribution in [-0.2, 0) is 4.79 Å². The minimum absolute atomic E-state index is 0.0436. The van der Waals surface area contributed by atoms with Crippen molar-refractivity contribution in [3.8, 4) is 0 Å². The van der Waals surface area contributed by atoms with Crippen LogP contribution in [0.15, 0.2) is 18.3 Å². The van der Waals surface area contributed by atoms with Crippen molar-refractivity contribution in [2.75, 3.05) is 32.0 Å². The smallest absolute Gasteiger partial charge is 0.238 e. The van der Waals surface area contributed by atoms with Gasteiger partial charge in [-0.25, -0.2) is 4.98 Å². The molecule has 1 fully saturated rings. The fourth-order valence-electron chi connectivity index (χ4n) is 2.42. The number of likely N-dealkylation sites (tertiary alicyclic amines) is 1. The van der Waals surface area contributed by atoms with Gasteiger partial charge in [-0.3, -0.25) is 9.69 Å². The van der Waals surface area contributed by atoms with Crippen LogP contribution in [0.25, 0.3) is 0 Å². The second kappa shape index (κ2) is 6.84. The molecule has 0 aliphatic carbocycles. The van der Waals surface area contributed by atoms with Crippen molar-refractivity contribution in [3.63, 3.8) is 0 Å². The Balaban J connectivity index is 1.89. The first kappa shape index (κ1) is 14.2. The van der Waals surface area contributed by atoms with Gasteiger partial charge in [0.15, 0.2) is 5.15 Å². The Kier molecular flexibility index (Phi) is 5.13.